The van der Waals surface area contributed by atoms with Gasteiger partial charge in [-0.05, 0) is 19.4 Å². The molecule has 25 heavy (non-hydrogen) atoms. The summed E-state index contributed by atoms with van der Waals surface area (Å²) in [5, 5.41) is 11.7. The number of hydrogen-bond acceptors (Lipinski definition) is 3. The van der Waals surface area contributed by atoms with Crippen LogP contribution in [0.5, 0.6) is 0 Å². The number of carboxylic acid groups (broad SMARTS) is 1. The second-order valence-electron chi connectivity index (χ2n) is 6.55. The topological polar surface area (TPSA) is 86.7 Å². The molecule has 1 heterocycles. The van der Waals surface area contributed by atoms with E-state index in [0.717, 1.165) is 6.07 Å². The number of rotatable bonds is 5. The second kappa shape index (κ2) is 7.16. The van der Waals surface area contributed by atoms with Crippen LogP contribution in [0.2, 0.25) is 0 Å². The molecule has 1 aromatic carbocycles. The van der Waals surface area contributed by atoms with Crippen molar-refractivity contribution in [3.8, 4) is 0 Å². The lowest BCUT2D eigenvalue weighted by molar-refractivity contribution is -0.147. The Kier molecular flexibility index (Phi) is 5.39. The fraction of sp³-hybridized carbons (Fsp3) is 0.471. The lowest BCUT2D eigenvalue weighted by atomic mass is 9.90. The Bertz CT molecular complexity index is 710. The maximum absolute atomic E-state index is 14.0. The molecule has 0 aromatic heterocycles. The molecule has 2 N–H and O–H groups in total. The fourth-order valence-corrected chi connectivity index (χ4v) is 2.92. The standard InChI is InChI=1S/C17H20F2N2O4/c1-10(22)20-14(12-4-3-11(18)7-13(12)19)8-15(23)21-6-5-17(2,9-21)16(24)25/h3-4,7,14H,5-6,8-9H2,1-2H3,(H,20,22)(H,24,25). The molecule has 1 saturated heterocycles. The summed E-state index contributed by atoms with van der Waals surface area (Å²) in [6.45, 7) is 3.13. The third-order valence-corrected chi connectivity index (χ3v) is 4.44. The van der Waals surface area contributed by atoms with Crippen LogP contribution in [0.25, 0.3) is 0 Å². The molecular weight excluding hydrogens is 334 g/mol. The third-order valence-electron chi connectivity index (χ3n) is 4.44. The highest BCUT2D eigenvalue weighted by molar-refractivity contribution is 5.82. The van der Waals surface area contributed by atoms with E-state index >= 15 is 0 Å². The molecule has 2 unspecified atom stereocenters. The molecule has 1 fully saturated rings. The summed E-state index contributed by atoms with van der Waals surface area (Å²) in [7, 11) is 0. The van der Waals surface area contributed by atoms with Crippen LogP contribution in [-0.2, 0) is 14.4 Å². The maximum Gasteiger partial charge on any atom is 0.311 e. The van der Waals surface area contributed by atoms with Gasteiger partial charge in [0, 0.05) is 31.6 Å². The molecule has 0 aliphatic carbocycles. The summed E-state index contributed by atoms with van der Waals surface area (Å²) in [6.07, 6.45) is 0.0849. The predicted octanol–water partition coefficient (Wildman–Crippen LogP) is 1.86. The predicted molar refractivity (Wildman–Crippen MR) is 84.5 cm³/mol. The van der Waals surface area contributed by atoms with Crippen molar-refractivity contribution in [3.63, 3.8) is 0 Å². The first-order valence-corrected chi connectivity index (χ1v) is 7.85. The van der Waals surface area contributed by atoms with Gasteiger partial charge in [-0.2, -0.15) is 0 Å². The van der Waals surface area contributed by atoms with E-state index in [0.29, 0.717) is 12.5 Å². The minimum absolute atomic E-state index is 0.00476. The molecule has 1 aliphatic rings. The molecule has 6 nitrogen and oxygen atoms in total. The van der Waals surface area contributed by atoms with Crippen molar-refractivity contribution in [3.05, 3.63) is 35.4 Å². The van der Waals surface area contributed by atoms with Crippen molar-refractivity contribution < 1.29 is 28.3 Å². The molecule has 2 atom stereocenters. The van der Waals surface area contributed by atoms with Crippen molar-refractivity contribution in [2.45, 2.75) is 32.7 Å². The lowest BCUT2D eigenvalue weighted by Crippen LogP contribution is -2.37. The first-order chi connectivity index (χ1) is 11.6. The highest BCUT2D eigenvalue weighted by atomic mass is 19.1. The normalized spacial score (nSPS) is 21.0. The Morgan fingerprint density at radius 1 is 1.36 bits per heavy atom. The van der Waals surface area contributed by atoms with Crippen LogP contribution in [0.1, 0.15) is 38.3 Å². The number of amides is 2. The van der Waals surface area contributed by atoms with E-state index in [1.807, 2.05) is 0 Å². The van der Waals surface area contributed by atoms with Crippen LogP contribution in [0.15, 0.2) is 18.2 Å². The molecule has 8 heteroatoms. The number of hydrogen-bond donors (Lipinski definition) is 2. The largest absolute Gasteiger partial charge is 0.481 e. The number of nitrogens with zero attached hydrogens (tertiary/aromatic N) is 1. The van der Waals surface area contributed by atoms with E-state index in [9.17, 15) is 28.3 Å². The monoisotopic (exact) mass is 354 g/mol. The van der Waals surface area contributed by atoms with Crippen molar-refractivity contribution in [2.75, 3.05) is 13.1 Å². The molecule has 0 spiro atoms. The second-order valence-corrected chi connectivity index (χ2v) is 6.55. The minimum atomic E-state index is -1.01. The molecule has 1 aromatic rings. The first-order valence-electron chi connectivity index (χ1n) is 7.85. The minimum Gasteiger partial charge on any atom is -0.481 e. The number of carbonyl (C=O) groups is 3. The Morgan fingerprint density at radius 2 is 2.04 bits per heavy atom. The molecule has 2 amide bonds. The van der Waals surface area contributed by atoms with Gasteiger partial charge in [0.25, 0.3) is 0 Å². The van der Waals surface area contributed by atoms with Crippen molar-refractivity contribution >= 4 is 17.8 Å². The average molecular weight is 354 g/mol. The molecule has 1 aliphatic heterocycles. The highest BCUT2D eigenvalue weighted by Crippen LogP contribution is 2.31. The van der Waals surface area contributed by atoms with Gasteiger partial charge in [-0.15, -0.1) is 0 Å². The van der Waals surface area contributed by atoms with E-state index < -0.39 is 40.9 Å². The van der Waals surface area contributed by atoms with E-state index in [1.165, 1.54) is 17.9 Å². The van der Waals surface area contributed by atoms with Crippen LogP contribution < -0.4 is 5.32 Å². The highest BCUT2D eigenvalue weighted by Gasteiger charge is 2.42. The smallest absolute Gasteiger partial charge is 0.311 e. The molecule has 0 saturated carbocycles. The van der Waals surface area contributed by atoms with Crippen molar-refractivity contribution in [1.82, 2.24) is 10.2 Å². The summed E-state index contributed by atoms with van der Waals surface area (Å²) in [5.74, 6) is -3.45. The zero-order valence-corrected chi connectivity index (χ0v) is 14.0. The SMILES string of the molecule is CC(=O)NC(CC(=O)N1CCC(C)(C(=O)O)C1)c1ccc(F)cc1F. The summed E-state index contributed by atoms with van der Waals surface area (Å²) in [4.78, 5) is 36.5. The lowest BCUT2D eigenvalue weighted by Gasteiger charge is -2.24. The van der Waals surface area contributed by atoms with Crippen LogP contribution in [0, 0.1) is 17.0 Å². The van der Waals surface area contributed by atoms with Gasteiger partial charge in [0.15, 0.2) is 0 Å². The molecule has 0 bridgehead atoms. The number of likely N-dealkylation sites (tertiary alicyclic amines) is 1. The van der Waals surface area contributed by atoms with Crippen molar-refractivity contribution in [1.29, 1.82) is 0 Å². The number of carbonyl (C=O) groups excluding carboxylic acids is 2. The van der Waals surface area contributed by atoms with Crippen LogP contribution in [-0.4, -0.2) is 40.9 Å². The summed E-state index contributed by atoms with van der Waals surface area (Å²) < 4.78 is 27.1. The van der Waals surface area contributed by atoms with Gasteiger partial charge < -0.3 is 15.3 Å². The van der Waals surface area contributed by atoms with E-state index in [1.54, 1.807) is 6.92 Å². The molecular formula is C17H20F2N2O4. The Hall–Kier alpha value is -2.51. The summed E-state index contributed by atoms with van der Waals surface area (Å²) in [6, 6.07) is 1.97. The van der Waals surface area contributed by atoms with E-state index in [2.05, 4.69) is 5.32 Å². The maximum atomic E-state index is 14.0. The average Bonchev–Trinajstić information content (AvgIpc) is 2.90. The number of halogens is 2. The van der Waals surface area contributed by atoms with Crippen molar-refractivity contribution in [2.24, 2.45) is 5.41 Å². The van der Waals surface area contributed by atoms with E-state index in [4.69, 9.17) is 0 Å². The van der Waals surface area contributed by atoms with Gasteiger partial charge in [-0.3, -0.25) is 14.4 Å². The zero-order chi connectivity index (χ0) is 18.8. The third kappa shape index (κ3) is 4.32. The Balaban J connectivity index is 2.16. The zero-order valence-electron chi connectivity index (χ0n) is 14.0. The summed E-state index contributed by atoms with van der Waals surface area (Å²) >= 11 is 0. The number of nitrogens with one attached hydrogen (secondary N) is 1. The van der Waals surface area contributed by atoms with Crippen LogP contribution in [0.3, 0.4) is 0 Å². The first kappa shape index (κ1) is 18.8. The number of carboxylic acids is 1. The molecule has 0 radical (unpaired) electrons. The van der Waals surface area contributed by atoms with Gasteiger partial charge in [0.1, 0.15) is 11.6 Å². The van der Waals surface area contributed by atoms with Crippen LogP contribution in [0.4, 0.5) is 8.78 Å². The Labute approximate surface area is 143 Å². The van der Waals surface area contributed by atoms with Gasteiger partial charge in [-0.1, -0.05) is 6.07 Å². The van der Waals surface area contributed by atoms with Crippen LogP contribution >= 0.6 is 0 Å². The van der Waals surface area contributed by atoms with Gasteiger partial charge in [-0.25, -0.2) is 8.78 Å². The summed E-state index contributed by atoms with van der Waals surface area (Å²) in [5.41, 5.74) is -1.01. The quantitative estimate of drug-likeness (QED) is 0.845. The van der Waals surface area contributed by atoms with E-state index in [-0.39, 0.29) is 25.1 Å². The fourth-order valence-electron chi connectivity index (χ4n) is 2.92. The Morgan fingerprint density at radius 3 is 2.56 bits per heavy atom. The van der Waals surface area contributed by atoms with Gasteiger partial charge >= 0.3 is 5.97 Å². The number of benzene rings is 1. The molecule has 136 valence electrons. The molecule has 2 rings (SSSR count). The van der Waals surface area contributed by atoms with Gasteiger partial charge in [0.05, 0.1) is 17.9 Å². The number of aliphatic carboxylic acids is 1. The van der Waals surface area contributed by atoms with Gasteiger partial charge in [0.2, 0.25) is 11.8 Å².